The Balaban J connectivity index is 2.02. The molecule has 0 saturated heterocycles. The van der Waals surface area contributed by atoms with E-state index in [1.54, 1.807) is 12.4 Å². The molecule has 0 amide bonds. The van der Waals surface area contributed by atoms with E-state index >= 15 is 0 Å². The lowest BCUT2D eigenvalue weighted by atomic mass is 9.96. The van der Waals surface area contributed by atoms with Gasteiger partial charge in [0, 0.05) is 22.9 Å². The molecule has 0 spiro atoms. The predicted molar refractivity (Wildman–Crippen MR) is 65.5 cm³/mol. The number of fused-ring (bicyclic) bond motifs is 1. The van der Waals surface area contributed by atoms with E-state index in [0.29, 0.717) is 6.10 Å². The average Bonchev–Trinajstić information content (AvgIpc) is 2.23. The van der Waals surface area contributed by atoms with E-state index in [-0.39, 0.29) is 0 Å². The first-order valence-corrected chi connectivity index (χ1v) is 6.19. The maximum Gasteiger partial charge on any atom is 0.149 e. The highest BCUT2D eigenvalue weighted by molar-refractivity contribution is 9.10. The van der Waals surface area contributed by atoms with E-state index in [4.69, 9.17) is 4.74 Å². The quantitative estimate of drug-likeness (QED) is 0.845. The summed E-state index contributed by atoms with van der Waals surface area (Å²) in [6.07, 6.45) is 7.49. The van der Waals surface area contributed by atoms with Gasteiger partial charge in [-0.2, -0.15) is 0 Å². The van der Waals surface area contributed by atoms with Gasteiger partial charge >= 0.3 is 0 Å². The normalized spacial score (nSPS) is 16.1. The third kappa shape index (κ3) is 1.78. The molecule has 0 aliphatic heterocycles. The minimum Gasteiger partial charge on any atom is -0.488 e. The molecule has 2 heterocycles. The standard InChI is InChI=1S/C12H11BrN2O/c13-8-6-10-12(15-7-8)11(4-5-14-10)16-9-2-1-3-9/h4-7,9H,1-3H2. The Labute approximate surface area is 102 Å². The van der Waals surface area contributed by atoms with Crippen molar-refractivity contribution in [3.05, 3.63) is 29.0 Å². The highest BCUT2D eigenvalue weighted by Gasteiger charge is 2.20. The van der Waals surface area contributed by atoms with Gasteiger partial charge in [0.15, 0.2) is 0 Å². The van der Waals surface area contributed by atoms with Crippen LogP contribution in [0.25, 0.3) is 11.0 Å². The largest absolute Gasteiger partial charge is 0.488 e. The molecule has 1 aliphatic rings. The zero-order valence-corrected chi connectivity index (χ0v) is 10.3. The molecule has 0 N–H and O–H groups in total. The van der Waals surface area contributed by atoms with Crippen LogP contribution in [0.4, 0.5) is 0 Å². The van der Waals surface area contributed by atoms with Gasteiger partial charge in [0.05, 0.1) is 11.6 Å². The summed E-state index contributed by atoms with van der Waals surface area (Å²) in [5.41, 5.74) is 1.71. The van der Waals surface area contributed by atoms with Crippen LogP contribution in [-0.2, 0) is 0 Å². The lowest BCUT2D eigenvalue weighted by Crippen LogP contribution is -2.24. The topological polar surface area (TPSA) is 35.0 Å². The third-order valence-corrected chi connectivity index (χ3v) is 3.29. The van der Waals surface area contributed by atoms with Crippen molar-refractivity contribution in [1.29, 1.82) is 0 Å². The average molecular weight is 279 g/mol. The Hall–Kier alpha value is -1.16. The molecule has 1 fully saturated rings. The summed E-state index contributed by atoms with van der Waals surface area (Å²) >= 11 is 3.39. The second-order valence-electron chi connectivity index (χ2n) is 4.00. The molecular formula is C12H11BrN2O. The van der Waals surface area contributed by atoms with E-state index in [2.05, 4.69) is 25.9 Å². The monoisotopic (exact) mass is 278 g/mol. The third-order valence-electron chi connectivity index (χ3n) is 2.85. The summed E-state index contributed by atoms with van der Waals surface area (Å²) in [6.45, 7) is 0. The van der Waals surface area contributed by atoms with E-state index in [9.17, 15) is 0 Å². The molecule has 3 nitrogen and oxygen atoms in total. The zero-order chi connectivity index (χ0) is 11.0. The number of ether oxygens (including phenoxy) is 1. The molecule has 0 atom stereocenters. The van der Waals surface area contributed by atoms with Crippen LogP contribution in [-0.4, -0.2) is 16.1 Å². The molecule has 2 aromatic rings. The second kappa shape index (κ2) is 4.01. The van der Waals surface area contributed by atoms with Crippen molar-refractivity contribution in [2.24, 2.45) is 0 Å². The van der Waals surface area contributed by atoms with Crippen molar-refractivity contribution in [2.45, 2.75) is 25.4 Å². The van der Waals surface area contributed by atoms with Crippen molar-refractivity contribution in [1.82, 2.24) is 9.97 Å². The minimum absolute atomic E-state index is 0.371. The zero-order valence-electron chi connectivity index (χ0n) is 8.69. The minimum atomic E-state index is 0.371. The maximum absolute atomic E-state index is 5.89. The first kappa shape index (κ1) is 10.0. The summed E-state index contributed by atoms with van der Waals surface area (Å²) in [7, 11) is 0. The summed E-state index contributed by atoms with van der Waals surface area (Å²) in [5.74, 6) is 0.849. The summed E-state index contributed by atoms with van der Waals surface area (Å²) < 4.78 is 6.82. The first-order valence-electron chi connectivity index (χ1n) is 5.40. The van der Waals surface area contributed by atoms with Crippen LogP contribution in [0, 0.1) is 0 Å². The van der Waals surface area contributed by atoms with Gasteiger partial charge < -0.3 is 4.74 Å². The molecule has 1 saturated carbocycles. The lowest BCUT2D eigenvalue weighted by molar-refractivity contribution is 0.122. The van der Waals surface area contributed by atoms with Crippen molar-refractivity contribution in [3.8, 4) is 5.75 Å². The molecule has 4 heteroatoms. The van der Waals surface area contributed by atoms with Crippen LogP contribution in [0.1, 0.15) is 19.3 Å². The van der Waals surface area contributed by atoms with Crippen LogP contribution in [0.2, 0.25) is 0 Å². The molecule has 82 valence electrons. The van der Waals surface area contributed by atoms with Gasteiger partial charge in [-0.05, 0) is 41.3 Å². The van der Waals surface area contributed by atoms with Gasteiger partial charge in [0.25, 0.3) is 0 Å². The van der Waals surface area contributed by atoms with Crippen LogP contribution >= 0.6 is 15.9 Å². The van der Waals surface area contributed by atoms with Crippen LogP contribution in [0.5, 0.6) is 5.75 Å². The molecule has 0 unspecified atom stereocenters. The van der Waals surface area contributed by atoms with Crippen LogP contribution < -0.4 is 4.74 Å². The number of aromatic nitrogens is 2. The molecule has 2 aromatic heterocycles. The molecule has 16 heavy (non-hydrogen) atoms. The Morgan fingerprint density at radius 3 is 2.94 bits per heavy atom. The Morgan fingerprint density at radius 2 is 2.19 bits per heavy atom. The molecule has 0 aromatic carbocycles. The highest BCUT2D eigenvalue weighted by Crippen LogP contribution is 2.29. The van der Waals surface area contributed by atoms with Crippen molar-refractivity contribution in [2.75, 3.05) is 0 Å². The van der Waals surface area contributed by atoms with Gasteiger partial charge in [-0.3, -0.25) is 4.98 Å². The number of pyridine rings is 2. The fourth-order valence-electron chi connectivity index (χ4n) is 1.74. The van der Waals surface area contributed by atoms with Crippen molar-refractivity contribution in [3.63, 3.8) is 0 Å². The number of nitrogens with zero attached hydrogens (tertiary/aromatic N) is 2. The summed E-state index contributed by atoms with van der Waals surface area (Å²) in [4.78, 5) is 8.64. The Kier molecular flexibility index (Phi) is 2.52. The fourth-order valence-corrected chi connectivity index (χ4v) is 2.06. The van der Waals surface area contributed by atoms with Crippen LogP contribution in [0.15, 0.2) is 29.0 Å². The van der Waals surface area contributed by atoms with E-state index in [1.807, 2.05) is 12.1 Å². The predicted octanol–water partition coefficient (Wildman–Crippen LogP) is 3.32. The van der Waals surface area contributed by atoms with E-state index in [1.165, 1.54) is 6.42 Å². The molecule has 1 aliphatic carbocycles. The molecule has 0 radical (unpaired) electrons. The number of hydrogen-bond acceptors (Lipinski definition) is 3. The smallest absolute Gasteiger partial charge is 0.149 e. The van der Waals surface area contributed by atoms with Crippen molar-refractivity contribution >= 4 is 27.0 Å². The van der Waals surface area contributed by atoms with Gasteiger partial charge in [0.1, 0.15) is 11.3 Å². The van der Waals surface area contributed by atoms with Crippen LogP contribution in [0.3, 0.4) is 0 Å². The second-order valence-corrected chi connectivity index (χ2v) is 4.92. The molecular weight excluding hydrogens is 268 g/mol. The highest BCUT2D eigenvalue weighted by atomic mass is 79.9. The van der Waals surface area contributed by atoms with Gasteiger partial charge in [0.2, 0.25) is 0 Å². The number of halogens is 1. The van der Waals surface area contributed by atoms with Gasteiger partial charge in [-0.25, -0.2) is 4.98 Å². The maximum atomic E-state index is 5.89. The lowest BCUT2D eigenvalue weighted by Gasteiger charge is -2.26. The fraction of sp³-hybridized carbons (Fsp3) is 0.333. The Bertz CT molecular complexity index is 525. The van der Waals surface area contributed by atoms with Crippen molar-refractivity contribution < 1.29 is 4.74 Å². The van der Waals surface area contributed by atoms with Gasteiger partial charge in [-0.1, -0.05) is 0 Å². The number of rotatable bonds is 2. The summed E-state index contributed by atoms with van der Waals surface area (Å²) in [5, 5.41) is 0. The number of hydrogen-bond donors (Lipinski definition) is 0. The molecule has 0 bridgehead atoms. The SMILES string of the molecule is Brc1cnc2c(OC3CCC3)ccnc2c1. The van der Waals surface area contributed by atoms with Gasteiger partial charge in [-0.15, -0.1) is 0 Å². The Morgan fingerprint density at radius 1 is 1.31 bits per heavy atom. The van der Waals surface area contributed by atoms with E-state index in [0.717, 1.165) is 34.1 Å². The first-order chi connectivity index (χ1) is 7.83. The van der Waals surface area contributed by atoms with E-state index < -0.39 is 0 Å². The summed E-state index contributed by atoms with van der Waals surface area (Å²) in [6, 6.07) is 3.84. The molecule has 3 rings (SSSR count).